The van der Waals surface area contributed by atoms with E-state index in [2.05, 4.69) is 34.1 Å². The van der Waals surface area contributed by atoms with Gasteiger partial charge in [0.25, 0.3) is 0 Å². The zero-order valence-electron chi connectivity index (χ0n) is 27.5. The van der Waals surface area contributed by atoms with Crippen LogP contribution in [0, 0.1) is 0 Å². The molecule has 11 heteroatoms. The Morgan fingerprint density at radius 3 is 1.77 bits per heavy atom. The molecule has 2 aromatic carbocycles. The highest BCUT2D eigenvalue weighted by atomic mass is 32.1. The number of carbonyl (C=O) groups excluding carboxylic acids is 1. The number of carbonyl (C=O) groups is 1. The van der Waals surface area contributed by atoms with Crippen molar-refractivity contribution >= 4 is 40.0 Å². The minimum absolute atomic E-state index is 0.0177. The van der Waals surface area contributed by atoms with Gasteiger partial charge in [-0.15, -0.1) is 22.7 Å². The first-order chi connectivity index (χ1) is 23.4. The number of aliphatic hydroxyl groups excluding tert-OH is 3. The number of aryl methyl sites for hydroxylation is 2. The number of ether oxygens (including phenoxy) is 1. The fourth-order valence-corrected chi connectivity index (χ4v) is 9.65. The Hall–Kier alpha value is -3.35. The van der Waals surface area contributed by atoms with Crippen molar-refractivity contribution in [1.29, 1.82) is 0 Å². The molecular weight excluding hydrogens is 645 g/mol. The number of aromatic nitrogens is 2. The summed E-state index contributed by atoms with van der Waals surface area (Å²) >= 11 is 3.07. The zero-order valence-corrected chi connectivity index (χ0v) is 29.1. The number of aliphatic hydroxyl groups is 3. The quantitative estimate of drug-likeness (QED) is 0.187. The third kappa shape index (κ3) is 6.76. The van der Waals surface area contributed by atoms with E-state index in [-0.39, 0.29) is 18.7 Å². The Morgan fingerprint density at radius 2 is 1.27 bits per heavy atom. The van der Waals surface area contributed by atoms with Crippen LogP contribution in [0.25, 0.3) is 21.1 Å². The van der Waals surface area contributed by atoms with E-state index in [0.29, 0.717) is 5.56 Å². The Balaban J connectivity index is 0.000000152. The molecule has 2 atom stereocenters. The first-order valence-corrected chi connectivity index (χ1v) is 18.9. The van der Waals surface area contributed by atoms with Crippen molar-refractivity contribution in [3.63, 3.8) is 0 Å². The van der Waals surface area contributed by atoms with Crippen LogP contribution < -0.4 is 9.80 Å². The van der Waals surface area contributed by atoms with Crippen molar-refractivity contribution in [2.24, 2.45) is 0 Å². The van der Waals surface area contributed by atoms with E-state index in [4.69, 9.17) is 14.7 Å². The van der Waals surface area contributed by atoms with Gasteiger partial charge in [0.2, 0.25) is 0 Å². The van der Waals surface area contributed by atoms with Gasteiger partial charge in [-0.3, -0.25) is 0 Å². The lowest BCUT2D eigenvalue weighted by molar-refractivity contribution is 0.0601. The van der Waals surface area contributed by atoms with Crippen LogP contribution >= 0.6 is 22.7 Å². The molecule has 254 valence electrons. The molecule has 4 aliphatic rings. The van der Waals surface area contributed by atoms with Gasteiger partial charge < -0.3 is 29.9 Å². The van der Waals surface area contributed by atoms with Gasteiger partial charge in [0.05, 0.1) is 52.6 Å². The molecule has 0 amide bonds. The summed E-state index contributed by atoms with van der Waals surface area (Å²) in [5, 5.41) is 31.9. The normalized spacial score (nSPS) is 20.2. The first-order valence-electron chi connectivity index (χ1n) is 17.3. The lowest BCUT2D eigenvalue weighted by Gasteiger charge is -2.19. The number of nitrogens with zero attached hydrogens (tertiary/aromatic N) is 4. The van der Waals surface area contributed by atoms with Gasteiger partial charge in [0, 0.05) is 48.7 Å². The number of anilines is 2. The van der Waals surface area contributed by atoms with E-state index >= 15 is 0 Å². The van der Waals surface area contributed by atoms with Crippen LogP contribution in [0.5, 0.6) is 0 Å². The van der Waals surface area contributed by atoms with Crippen molar-refractivity contribution in [1.82, 2.24) is 9.97 Å². The average Bonchev–Trinajstić information content (AvgIpc) is 3.95. The molecular formula is C37H44N4O5S2. The van der Waals surface area contributed by atoms with Crippen molar-refractivity contribution in [3.8, 4) is 21.1 Å². The number of esters is 1. The number of thiazole rings is 2. The number of rotatable bonds is 6. The highest BCUT2D eigenvalue weighted by Crippen LogP contribution is 2.41. The van der Waals surface area contributed by atoms with Gasteiger partial charge in [0.15, 0.2) is 0 Å². The summed E-state index contributed by atoms with van der Waals surface area (Å²) in [6, 6.07) is 12.3. The van der Waals surface area contributed by atoms with Gasteiger partial charge in [0.1, 0.15) is 10.0 Å². The summed E-state index contributed by atoms with van der Waals surface area (Å²) in [7, 11) is 1.41. The highest BCUT2D eigenvalue weighted by Gasteiger charge is 2.27. The summed E-state index contributed by atoms with van der Waals surface area (Å²) in [6.45, 7) is 4.27. The van der Waals surface area contributed by atoms with Crippen LogP contribution in [-0.2, 0) is 24.2 Å². The zero-order chi connectivity index (χ0) is 33.2. The number of hydrogen-bond acceptors (Lipinski definition) is 11. The van der Waals surface area contributed by atoms with E-state index in [1.165, 1.54) is 49.8 Å². The monoisotopic (exact) mass is 688 g/mol. The van der Waals surface area contributed by atoms with E-state index < -0.39 is 6.10 Å². The van der Waals surface area contributed by atoms with Crippen LogP contribution in [0.4, 0.5) is 11.4 Å². The summed E-state index contributed by atoms with van der Waals surface area (Å²) in [4.78, 5) is 28.5. The lowest BCUT2D eigenvalue weighted by Crippen LogP contribution is -2.18. The topological polar surface area (TPSA) is 119 Å². The molecule has 4 aromatic rings. The minimum atomic E-state index is -0.430. The van der Waals surface area contributed by atoms with Gasteiger partial charge >= 0.3 is 5.97 Å². The fourth-order valence-electron chi connectivity index (χ4n) is 7.29. The Labute approximate surface area is 289 Å². The van der Waals surface area contributed by atoms with Crippen molar-refractivity contribution in [2.45, 2.75) is 83.0 Å². The maximum atomic E-state index is 12.4. The number of fused-ring (bicyclic) bond motifs is 2. The molecule has 2 aliphatic heterocycles. The number of methoxy groups -OCH3 is 1. The SMILES string of the molecule is COC(=O)c1cc(N2CCCC2)ccc1-c1nc2c(s1)C(O)CCC2.OCc1cc(N2CCCC2)ccc1-c1nc2c(s1)C(O)CCC2. The van der Waals surface area contributed by atoms with E-state index in [0.717, 1.165) is 118 Å². The molecule has 9 nitrogen and oxygen atoms in total. The third-order valence-corrected chi connectivity index (χ3v) is 12.4. The predicted molar refractivity (Wildman–Crippen MR) is 191 cm³/mol. The molecule has 0 saturated carbocycles. The molecule has 2 aromatic heterocycles. The Morgan fingerprint density at radius 1 is 0.771 bits per heavy atom. The second-order valence-corrected chi connectivity index (χ2v) is 15.1. The lowest BCUT2D eigenvalue weighted by atomic mass is 10.0. The summed E-state index contributed by atoms with van der Waals surface area (Å²) in [5.74, 6) is -0.343. The largest absolute Gasteiger partial charge is 0.465 e. The second-order valence-electron chi connectivity index (χ2n) is 13.1. The van der Waals surface area contributed by atoms with Crippen molar-refractivity contribution < 1.29 is 24.9 Å². The van der Waals surface area contributed by atoms with Crippen LogP contribution in [0.3, 0.4) is 0 Å². The molecule has 3 N–H and O–H groups in total. The maximum Gasteiger partial charge on any atom is 0.338 e. The molecule has 48 heavy (non-hydrogen) atoms. The molecule has 2 aliphatic carbocycles. The third-order valence-electron chi connectivity index (χ3n) is 9.91. The smallest absolute Gasteiger partial charge is 0.338 e. The highest BCUT2D eigenvalue weighted by molar-refractivity contribution is 7.15. The van der Waals surface area contributed by atoms with Gasteiger partial charge in [-0.2, -0.15) is 0 Å². The van der Waals surface area contributed by atoms with Gasteiger partial charge in [-0.1, -0.05) is 0 Å². The molecule has 2 saturated heterocycles. The average molecular weight is 689 g/mol. The number of benzene rings is 2. The van der Waals surface area contributed by atoms with Crippen LogP contribution in [0.1, 0.15) is 101 Å². The first kappa shape index (κ1) is 33.2. The maximum absolute atomic E-state index is 12.4. The standard InChI is InChI=1S/C19H22N2O3S.C18H22N2O2S/c1-24-19(23)14-11-12(21-9-2-3-10-21)7-8-13(14)18-20-15-5-4-6-16(22)17(15)25-18;21-11-12-10-13(20-8-1-2-9-20)6-7-14(12)18-19-15-4-3-5-16(22)17(15)23-18/h7-8,11,16,22H,2-6,9-10H2,1H3;6-7,10,16,21-22H,1-5,8-9,11H2. The van der Waals surface area contributed by atoms with E-state index in [1.807, 2.05) is 12.1 Å². The summed E-state index contributed by atoms with van der Waals surface area (Å²) in [6.07, 6.45) is 9.46. The van der Waals surface area contributed by atoms with Crippen LogP contribution in [-0.4, -0.2) is 64.5 Å². The van der Waals surface area contributed by atoms with Crippen molar-refractivity contribution in [2.75, 3.05) is 43.1 Å². The number of hydrogen-bond donors (Lipinski definition) is 3. The molecule has 2 unspecified atom stereocenters. The van der Waals surface area contributed by atoms with Crippen molar-refractivity contribution in [3.05, 3.63) is 68.7 Å². The molecule has 8 rings (SSSR count). The summed E-state index contributed by atoms with van der Waals surface area (Å²) in [5.41, 5.74) is 7.53. The second kappa shape index (κ2) is 14.6. The van der Waals surface area contributed by atoms with E-state index in [9.17, 15) is 20.1 Å². The molecule has 0 radical (unpaired) electrons. The van der Waals surface area contributed by atoms with Gasteiger partial charge in [-0.05, 0) is 106 Å². The fraction of sp³-hybridized carbons (Fsp3) is 0.486. The van der Waals surface area contributed by atoms with Crippen LogP contribution in [0.15, 0.2) is 36.4 Å². The van der Waals surface area contributed by atoms with Gasteiger partial charge in [-0.25, -0.2) is 14.8 Å². The molecule has 4 heterocycles. The minimum Gasteiger partial charge on any atom is -0.465 e. The van der Waals surface area contributed by atoms with Crippen LogP contribution in [0.2, 0.25) is 0 Å². The molecule has 0 bridgehead atoms. The molecule has 2 fully saturated rings. The molecule has 0 spiro atoms. The Bertz CT molecular complexity index is 1760. The predicted octanol–water partition coefficient (Wildman–Crippen LogP) is 6.84. The Kier molecular flexibility index (Phi) is 10.1. The van der Waals surface area contributed by atoms with E-state index in [1.54, 1.807) is 11.3 Å². The summed E-state index contributed by atoms with van der Waals surface area (Å²) < 4.78 is 5.01.